The Labute approximate surface area is 116 Å². The van der Waals surface area contributed by atoms with Crippen molar-refractivity contribution < 1.29 is 9.72 Å². The standard InChI is InChI=1S/C13H18N4O3/c14-16-11-7-6-9(8-12(11)17(19)20)13(18)15-10-4-2-1-3-5-10/h6-8,10,16H,1-5,14H2,(H,15,18). The van der Waals surface area contributed by atoms with E-state index in [9.17, 15) is 14.9 Å². The molecule has 1 fully saturated rings. The predicted octanol–water partition coefficient (Wildman–Crippen LogP) is 1.94. The van der Waals surface area contributed by atoms with E-state index in [0.29, 0.717) is 0 Å². The van der Waals surface area contributed by atoms with Crippen LogP contribution in [0.1, 0.15) is 42.5 Å². The van der Waals surface area contributed by atoms with E-state index in [1.165, 1.54) is 24.6 Å². The van der Waals surface area contributed by atoms with Gasteiger partial charge in [-0.2, -0.15) is 0 Å². The van der Waals surface area contributed by atoms with Crippen molar-refractivity contribution >= 4 is 17.3 Å². The summed E-state index contributed by atoms with van der Waals surface area (Å²) in [7, 11) is 0. The molecule has 1 amide bonds. The van der Waals surface area contributed by atoms with Crippen molar-refractivity contribution in [3.8, 4) is 0 Å². The number of hydrogen-bond acceptors (Lipinski definition) is 5. The number of anilines is 1. The number of amides is 1. The monoisotopic (exact) mass is 278 g/mol. The van der Waals surface area contributed by atoms with Gasteiger partial charge in [0.15, 0.2) is 0 Å². The molecule has 108 valence electrons. The van der Waals surface area contributed by atoms with Crippen molar-refractivity contribution in [1.29, 1.82) is 0 Å². The Morgan fingerprint density at radius 1 is 1.30 bits per heavy atom. The smallest absolute Gasteiger partial charge is 0.294 e. The van der Waals surface area contributed by atoms with Gasteiger partial charge in [-0.15, -0.1) is 0 Å². The van der Waals surface area contributed by atoms with E-state index < -0.39 is 4.92 Å². The molecular weight excluding hydrogens is 260 g/mol. The zero-order valence-electron chi connectivity index (χ0n) is 11.1. The Morgan fingerprint density at radius 2 is 2.00 bits per heavy atom. The summed E-state index contributed by atoms with van der Waals surface area (Å²) < 4.78 is 0. The molecule has 1 aliphatic carbocycles. The molecule has 0 heterocycles. The molecule has 20 heavy (non-hydrogen) atoms. The lowest BCUT2D eigenvalue weighted by atomic mass is 9.95. The van der Waals surface area contributed by atoms with Crippen molar-refractivity contribution in [2.75, 3.05) is 5.43 Å². The van der Waals surface area contributed by atoms with Crippen LogP contribution in [-0.4, -0.2) is 16.9 Å². The van der Waals surface area contributed by atoms with Crippen LogP contribution in [0.5, 0.6) is 0 Å². The average molecular weight is 278 g/mol. The zero-order chi connectivity index (χ0) is 14.5. The quantitative estimate of drug-likeness (QED) is 0.443. The van der Waals surface area contributed by atoms with Gasteiger partial charge in [0, 0.05) is 17.7 Å². The summed E-state index contributed by atoms with van der Waals surface area (Å²) in [5.74, 6) is 4.93. The van der Waals surface area contributed by atoms with E-state index >= 15 is 0 Å². The predicted molar refractivity (Wildman–Crippen MR) is 75.2 cm³/mol. The van der Waals surface area contributed by atoms with Crippen LogP contribution < -0.4 is 16.6 Å². The topological polar surface area (TPSA) is 110 Å². The Morgan fingerprint density at radius 3 is 2.60 bits per heavy atom. The molecule has 0 radical (unpaired) electrons. The third-order valence-corrected chi connectivity index (χ3v) is 3.55. The molecular formula is C13H18N4O3. The fraction of sp³-hybridized carbons (Fsp3) is 0.462. The number of hydrogen-bond donors (Lipinski definition) is 3. The highest BCUT2D eigenvalue weighted by Gasteiger charge is 2.20. The second-order valence-electron chi connectivity index (χ2n) is 4.94. The molecule has 0 bridgehead atoms. The van der Waals surface area contributed by atoms with E-state index in [0.717, 1.165) is 25.7 Å². The van der Waals surface area contributed by atoms with Crippen molar-refractivity contribution in [1.82, 2.24) is 5.32 Å². The number of rotatable bonds is 4. The Balaban J connectivity index is 2.13. The third kappa shape index (κ3) is 3.24. The summed E-state index contributed by atoms with van der Waals surface area (Å²) in [6.07, 6.45) is 5.36. The summed E-state index contributed by atoms with van der Waals surface area (Å²) in [4.78, 5) is 22.5. The molecule has 0 aliphatic heterocycles. The van der Waals surface area contributed by atoms with Gasteiger partial charge in [-0.05, 0) is 25.0 Å². The number of nitrogen functional groups attached to an aromatic ring is 1. The van der Waals surface area contributed by atoms with Gasteiger partial charge in [0.1, 0.15) is 5.69 Å². The number of nitrogens with two attached hydrogens (primary N) is 1. The van der Waals surface area contributed by atoms with Crippen LogP contribution in [0.15, 0.2) is 18.2 Å². The summed E-state index contributed by atoms with van der Waals surface area (Å²) in [5.41, 5.74) is 2.51. The summed E-state index contributed by atoms with van der Waals surface area (Å²) >= 11 is 0. The van der Waals surface area contributed by atoms with E-state index in [1.807, 2.05) is 0 Å². The lowest BCUT2D eigenvalue weighted by Crippen LogP contribution is -2.36. The van der Waals surface area contributed by atoms with E-state index in [-0.39, 0.29) is 28.9 Å². The molecule has 0 saturated heterocycles. The highest BCUT2D eigenvalue weighted by molar-refractivity contribution is 5.95. The highest BCUT2D eigenvalue weighted by atomic mass is 16.6. The van der Waals surface area contributed by atoms with Crippen LogP contribution in [0, 0.1) is 10.1 Å². The largest absolute Gasteiger partial charge is 0.349 e. The molecule has 1 saturated carbocycles. The van der Waals surface area contributed by atoms with Crippen LogP contribution >= 0.6 is 0 Å². The lowest BCUT2D eigenvalue weighted by molar-refractivity contribution is -0.384. The van der Waals surface area contributed by atoms with Crippen molar-refractivity contribution in [3.63, 3.8) is 0 Å². The molecule has 0 unspecified atom stereocenters. The average Bonchev–Trinajstić information content (AvgIpc) is 2.47. The van der Waals surface area contributed by atoms with Gasteiger partial charge in [0.05, 0.1) is 4.92 Å². The first-order valence-electron chi connectivity index (χ1n) is 6.67. The third-order valence-electron chi connectivity index (χ3n) is 3.55. The lowest BCUT2D eigenvalue weighted by Gasteiger charge is -2.22. The molecule has 1 aromatic rings. The van der Waals surface area contributed by atoms with E-state index in [1.54, 1.807) is 0 Å². The summed E-state index contributed by atoms with van der Waals surface area (Å²) in [6, 6.07) is 4.38. The van der Waals surface area contributed by atoms with Gasteiger partial charge in [-0.25, -0.2) is 0 Å². The van der Waals surface area contributed by atoms with Crippen molar-refractivity contribution in [2.45, 2.75) is 38.1 Å². The number of nitro groups is 1. The molecule has 4 N–H and O–H groups in total. The molecule has 0 spiro atoms. The molecule has 0 atom stereocenters. The number of carbonyl (C=O) groups is 1. The van der Waals surface area contributed by atoms with Crippen LogP contribution in [0.2, 0.25) is 0 Å². The maximum atomic E-state index is 12.1. The molecule has 0 aromatic heterocycles. The second-order valence-corrected chi connectivity index (χ2v) is 4.94. The first-order valence-corrected chi connectivity index (χ1v) is 6.67. The van der Waals surface area contributed by atoms with Crippen molar-refractivity contribution in [3.05, 3.63) is 33.9 Å². The van der Waals surface area contributed by atoms with Gasteiger partial charge in [0.2, 0.25) is 0 Å². The minimum atomic E-state index is -0.563. The number of carbonyl (C=O) groups excluding carboxylic acids is 1. The molecule has 1 aromatic carbocycles. The van der Waals surface area contributed by atoms with Crippen LogP contribution in [0.25, 0.3) is 0 Å². The maximum absolute atomic E-state index is 12.1. The first-order chi connectivity index (χ1) is 9.61. The normalized spacial score (nSPS) is 15.7. The first kappa shape index (κ1) is 14.3. The van der Waals surface area contributed by atoms with Gasteiger partial charge in [-0.1, -0.05) is 19.3 Å². The summed E-state index contributed by atoms with van der Waals surface area (Å²) in [6.45, 7) is 0. The highest BCUT2D eigenvalue weighted by Crippen LogP contribution is 2.25. The number of nitro benzene ring substituents is 1. The minimum Gasteiger partial charge on any atom is -0.349 e. The van der Waals surface area contributed by atoms with Gasteiger partial charge in [-0.3, -0.25) is 20.8 Å². The van der Waals surface area contributed by atoms with E-state index in [2.05, 4.69) is 10.7 Å². The van der Waals surface area contributed by atoms with Crippen LogP contribution in [0.3, 0.4) is 0 Å². The van der Waals surface area contributed by atoms with Gasteiger partial charge in [0.25, 0.3) is 11.6 Å². The Kier molecular flexibility index (Phi) is 4.52. The second kappa shape index (κ2) is 6.33. The number of nitrogens with zero attached hydrogens (tertiary/aromatic N) is 1. The number of hydrazine groups is 1. The Hall–Kier alpha value is -2.15. The fourth-order valence-electron chi connectivity index (χ4n) is 2.46. The van der Waals surface area contributed by atoms with Gasteiger partial charge < -0.3 is 10.7 Å². The summed E-state index contributed by atoms with van der Waals surface area (Å²) in [5, 5.41) is 13.8. The number of benzene rings is 1. The molecule has 1 aliphatic rings. The van der Waals surface area contributed by atoms with E-state index in [4.69, 9.17) is 5.84 Å². The molecule has 7 nitrogen and oxygen atoms in total. The van der Waals surface area contributed by atoms with Crippen LogP contribution in [0.4, 0.5) is 11.4 Å². The minimum absolute atomic E-state index is 0.169. The zero-order valence-corrected chi connectivity index (χ0v) is 11.1. The Bertz CT molecular complexity index is 512. The number of nitrogens with one attached hydrogen (secondary N) is 2. The molecule has 2 rings (SSSR count). The van der Waals surface area contributed by atoms with Gasteiger partial charge >= 0.3 is 0 Å². The fourth-order valence-corrected chi connectivity index (χ4v) is 2.46. The SMILES string of the molecule is NNc1ccc(C(=O)NC2CCCCC2)cc1[N+](=O)[O-]. The molecule has 7 heteroatoms. The maximum Gasteiger partial charge on any atom is 0.294 e. The van der Waals surface area contributed by atoms with Crippen LogP contribution in [-0.2, 0) is 0 Å². The van der Waals surface area contributed by atoms with Crippen molar-refractivity contribution in [2.24, 2.45) is 5.84 Å².